The number of anilines is 1. The molecule has 2 N–H and O–H groups in total. The number of halogens is 1. The number of hydrogen-bond donors (Lipinski definition) is 2. The van der Waals surface area contributed by atoms with Gasteiger partial charge in [-0.05, 0) is 68.0 Å². The van der Waals surface area contributed by atoms with Crippen molar-refractivity contribution in [2.24, 2.45) is 0 Å². The van der Waals surface area contributed by atoms with Crippen LogP contribution < -0.4 is 5.32 Å². The number of aromatic carboxylic acids is 1. The molecule has 0 heterocycles. The van der Waals surface area contributed by atoms with Gasteiger partial charge in [0, 0.05) is 22.7 Å². The fourth-order valence-electron chi connectivity index (χ4n) is 1.62. The predicted octanol–water partition coefficient (Wildman–Crippen LogP) is 3.29. The van der Waals surface area contributed by atoms with Crippen LogP contribution in [0.1, 0.15) is 30.6 Å². The Morgan fingerprint density at radius 1 is 1.47 bits per heavy atom. The molecule has 0 aromatic heterocycles. The monoisotopic (exact) mass is 328 g/mol. The average Bonchev–Trinajstić information content (AvgIpc) is 2.33. The summed E-state index contributed by atoms with van der Waals surface area (Å²) in [4.78, 5) is 13.2. The smallest absolute Gasteiger partial charge is 0.336 e. The summed E-state index contributed by atoms with van der Waals surface area (Å²) in [6.45, 7) is 6.26. The predicted molar refractivity (Wildman–Crippen MR) is 82.0 cm³/mol. The molecule has 0 aliphatic carbocycles. The van der Waals surface area contributed by atoms with Crippen LogP contribution in [0.4, 0.5) is 5.69 Å². The summed E-state index contributed by atoms with van der Waals surface area (Å²) in [7, 11) is 2.11. The van der Waals surface area contributed by atoms with Gasteiger partial charge in [0.1, 0.15) is 0 Å². The number of benzene rings is 1. The van der Waals surface area contributed by atoms with E-state index in [1.807, 2.05) is 0 Å². The molecule has 1 aromatic rings. The number of rotatable bonds is 7. The zero-order valence-corrected chi connectivity index (χ0v) is 13.2. The molecule has 0 aliphatic rings. The molecule has 106 valence electrons. The lowest BCUT2D eigenvalue weighted by Crippen LogP contribution is -2.28. The number of hydrogen-bond acceptors (Lipinski definition) is 3. The van der Waals surface area contributed by atoms with E-state index in [0.29, 0.717) is 10.5 Å². The molecule has 4 nitrogen and oxygen atoms in total. The van der Waals surface area contributed by atoms with Crippen molar-refractivity contribution in [3.05, 3.63) is 28.2 Å². The Kier molecular flexibility index (Phi) is 6.31. The second kappa shape index (κ2) is 7.50. The molecule has 0 bridgehead atoms. The van der Waals surface area contributed by atoms with Gasteiger partial charge >= 0.3 is 5.97 Å². The maximum Gasteiger partial charge on any atom is 0.336 e. The second-order valence-corrected chi connectivity index (χ2v) is 5.71. The lowest BCUT2D eigenvalue weighted by molar-refractivity contribution is 0.0696. The molecule has 0 aliphatic heterocycles. The van der Waals surface area contributed by atoms with Crippen molar-refractivity contribution in [1.29, 1.82) is 0 Å². The average molecular weight is 329 g/mol. The van der Waals surface area contributed by atoms with Crippen molar-refractivity contribution in [2.75, 3.05) is 25.5 Å². The highest BCUT2D eigenvalue weighted by Gasteiger charge is 2.08. The topological polar surface area (TPSA) is 52.6 Å². The third-order valence-electron chi connectivity index (χ3n) is 3.10. The number of nitrogens with zero attached hydrogens (tertiary/aromatic N) is 1. The van der Waals surface area contributed by atoms with E-state index >= 15 is 0 Å². The van der Waals surface area contributed by atoms with Gasteiger partial charge in [-0.15, -0.1) is 0 Å². The zero-order valence-electron chi connectivity index (χ0n) is 11.6. The first kappa shape index (κ1) is 16.0. The molecule has 0 atom stereocenters. The zero-order chi connectivity index (χ0) is 14.4. The molecule has 0 fully saturated rings. The van der Waals surface area contributed by atoms with Crippen LogP contribution in [0.2, 0.25) is 0 Å². The molecule has 0 unspecified atom stereocenters. The minimum atomic E-state index is -0.919. The van der Waals surface area contributed by atoms with E-state index in [-0.39, 0.29) is 5.56 Å². The molecular weight excluding hydrogens is 308 g/mol. The largest absolute Gasteiger partial charge is 0.478 e. The van der Waals surface area contributed by atoms with E-state index in [2.05, 4.69) is 47.0 Å². The van der Waals surface area contributed by atoms with Gasteiger partial charge in [-0.25, -0.2) is 4.79 Å². The van der Waals surface area contributed by atoms with E-state index in [0.717, 1.165) is 25.2 Å². The molecule has 0 spiro atoms. The molecular formula is C14H21BrN2O2. The van der Waals surface area contributed by atoms with Gasteiger partial charge < -0.3 is 15.3 Å². The Labute approximate surface area is 122 Å². The van der Waals surface area contributed by atoms with E-state index in [4.69, 9.17) is 5.11 Å². The van der Waals surface area contributed by atoms with Gasteiger partial charge in [0.25, 0.3) is 0 Å². The molecule has 0 saturated carbocycles. The van der Waals surface area contributed by atoms with E-state index < -0.39 is 5.97 Å². The molecule has 0 radical (unpaired) electrons. The number of carbonyl (C=O) groups is 1. The number of carboxylic acid groups (broad SMARTS) is 1. The van der Waals surface area contributed by atoms with Gasteiger partial charge in [-0.1, -0.05) is 0 Å². The van der Waals surface area contributed by atoms with Crippen LogP contribution in [-0.2, 0) is 0 Å². The Morgan fingerprint density at radius 3 is 2.68 bits per heavy atom. The maximum atomic E-state index is 10.9. The molecule has 1 aromatic carbocycles. The Balaban J connectivity index is 2.42. The highest BCUT2D eigenvalue weighted by molar-refractivity contribution is 9.10. The highest BCUT2D eigenvalue weighted by Crippen LogP contribution is 2.21. The molecule has 0 amide bonds. The van der Waals surface area contributed by atoms with Crippen LogP contribution in [0.3, 0.4) is 0 Å². The maximum absolute atomic E-state index is 10.9. The quantitative estimate of drug-likeness (QED) is 0.754. The standard InChI is InChI=1S/C14H21BrN2O2/c1-10(2)17(3)8-4-7-16-11-5-6-12(14(18)19)13(15)9-11/h5-6,9-10,16H,4,7-8H2,1-3H3,(H,18,19). The lowest BCUT2D eigenvalue weighted by Gasteiger charge is -2.20. The molecule has 5 heteroatoms. The summed E-state index contributed by atoms with van der Waals surface area (Å²) < 4.78 is 0.601. The first-order chi connectivity index (χ1) is 8.91. The summed E-state index contributed by atoms with van der Waals surface area (Å²) in [6.07, 6.45) is 1.05. The van der Waals surface area contributed by atoms with Crippen molar-refractivity contribution < 1.29 is 9.90 Å². The van der Waals surface area contributed by atoms with Crippen LogP contribution in [-0.4, -0.2) is 42.2 Å². The first-order valence-electron chi connectivity index (χ1n) is 6.38. The van der Waals surface area contributed by atoms with Crippen molar-refractivity contribution in [1.82, 2.24) is 4.90 Å². The van der Waals surface area contributed by atoms with E-state index in [1.54, 1.807) is 18.2 Å². The van der Waals surface area contributed by atoms with Gasteiger partial charge in [-0.3, -0.25) is 0 Å². The minimum absolute atomic E-state index is 0.282. The van der Waals surface area contributed by atoms with Crippen molar-refractivity contribution >= 4 is 27.6 Å². The van der Waals surface area contributed by atoms with Gasteiger partial charge in [0.05, 0.1) is 5.56 Å². The van der Waals surface area contributed by atoms with Crippen LogP contribution in [0.15, 0.2) is 22.7 Å². The van der Waals surface area contributed by atoms with Crippen LogP contribution >= 0.6 is 15.9 Å². The third kappa shape index (κ3) is 5.20. The van der Waals surface area contributed by atoms with E-state index in [1.165, 1.54) is 0 Å². The third-order valence-corrected chi connectivity index (χ3v) is 3.75. The highest BCUT2D eigenvalue weighted by atomic mass is 79.9. The van der Waals surface area contributed by atoms with Crippen molar-refractivity contribution in [2.45, 2.75) is 26.3 Å². The lowest BCUT2D eigenvalue weighted by atomic mass is 10.2. The van der Waals surface area contributed by atoms with Crippen LogP contribution in [0, 0.1) is 0 Å². The summed E-state index contributed by atoms with van der Waals surface area (Å²) in [5, 5.41) is 12.2. The van der Waals surface area contributed by atoms with Gasteiger partial charge in [0.15, 0.2) is 0 Å². The van der Waals surface area contributed by atoms with Crippen LogP contribution in [0.25, 0.3) is 0 Å². The number of nitrogens with one attached hydrogen (secondary N) is 1. The van der Waals surface area contributed by atoms with E-state index in [9.17, 15) is 4.79 Å². The fraction of sp³-hybridized carbons (Fsp3) is 0.500. The summed E-state index contributed by atoms with van der Waals surface area (Å²) in [6, 6.07) is 5.76. The first-order valence-corrected chi connectivity index (χ1v) is 7.18. The normalized spacial score (nSPS) is 11.1. The molecule has 19 heavy (non-hydrogen) atoms. The Morgan fingerprint density at radius 2 is 2.16 bits per heavy atom. The second-order valence-electron chi connectivity index (χ2n) is 4.85. The van der Waals surface area contributed by atoms with Crippen LogP contribution in [0.5, 0.6) is 0 Å². The SMILES string of the molecule is CC(C)N(C)CCCNc1ccc(C(=O)O)c(Br)c1. The van der Waals surface area contributed by atoms with Gasteiger partial charge in [-0.2, -0.15) is 0 Å². The minimum Gasteiger partial charge on any atom is -0.478 e. The summed E-state index contributed by atoms with van der Waals surface area (Å²) in [5.74, 6) is -0.919. The fourth-order valence-corrected chi connectivity index (χ4v) is 2.17. The number of carboxylic acids is 1. The van der Waals surface area contributed by atoms with Gasteiger partial charge in [0.2, 0.25) is 0 Å². The van der Waals surface area contributed by atoms with Crippen molar-refractivity contribution in [3.63, 3.8) is 0 Å². The summed E-state index contributed by atoms with van der Waals surface area (Å²) >= 11 is 3.27. The van der Waals surface area contributed by atoms with Crippen molar-refractivity contribution in [3.8, 4) is 0 Å². The molecule has 0 saturated heterocycles. The Hall–Kier alpha value is -1.07. The Bertz CT molecular complexity index is 435. The molecule has 1 rings (SSSR count). The summed E-state index contributed by atoms with van der Waals surface area (Å²) in [5.41, 5.74) is 1.22.